The minimum atomic E-state index is -1.09. The maximum absolute atomic E-state index is 12.6. The lowest BCUT2D eigenvalue weighted by atomic mass is 10.1. The highest BCUT2D eigenvalue weighted by Gasteiger charge is 2.00. The molecule has 1 aromatic rings. The van der Waals surface area contributed by atoms with Crippen LogP contribution >= 0.6 is 0 Å². The zero-order valence-corrected chi connectivity index (χ0v) is 8.53. The third-order valence-electron chi connectivity index (χ3n) is 1.95. The molecular weight excluding hydrogens is 197 g/mol. The number of alkyl halides is 1. The number of carbonyl (C=O) groups is 1. The zero-order valence-electron chi connectivity index (χ0n) is 8.53. The Morgan fingerprint density at radius 1 is 1.47 bits per heavy atom. The topological polar surface area (TPSA) is 49.3 Å². The lowest BCUT2D eigenvalue weighted by Gasteiger charge is -2.07. The van der Waals surface area contributed by atoms with Crippen molar-refractivity contribution < 1.29 is 14.3 Å². The van der Waals surface area contributed by atoms with Gasteiger partial charge in [-0.05, 0) is 31.0 Å². The molecule has 0 aliphatic heterocycles. The Balaban J connectivity index is 2.52. The number of carboxylic acid groups (broad SMARTS) is 1. The smallest absolute Gasteiger partial charge is 0.303 e. The van der Waals surface area contributed by atoms with Crippen molar-refractivity contribution in [3.05, 3.63) is 29.8 Å². The van der Waals surface area contributed by atoms with E-state index in [1.165, 1.54) is 6.92 Å². The number of carboxylic acids is 1. The molecule has 2 N–H and O–H groups in total. The average Bonchev–Trinajstić information content (AvgIpc) is 2.16. The van der Waals surface area contributed by atoms with Gasteiger partial charge in [-0.15, -0.1) is 0 Å². The van der Waals surface area contributed by atoms with Gasteiger partial charge in [-0.3, -0.25) is 4.79 Å². The summed E-state index contributed by atoms with van der Waals surface area (Å²) in [6.07, 6.45) is -0.470. The lowest BCUT2D eigenvalue weighted by Crippen LogP contribution is -2.07. The van der Waals surface area contributed by atoms with Crippen LogP contribution in [0.15, 0.2) is 24.3 Å². The minimum Gasteiger partial charge on any atom is -0.481 e. The van der Waals surface area contributed by atoms with E-state index in [9.17, 15) is 9.18 Å². The number of hydrogen-bond acceptors (Lipinski definition) is 2. The molecule has 0 aromatic heterocycles. The maximum atomic E-state index is 12.6. The highest BCUT2D eigenvalue weighted by molar-refractivity contribution is 5.67. The molecule has 0 radical (unpaired) electrons. The third kappa shape index (κ3) is 4.44. The normalized spacial score (nSPS) is 12.1. The van der Waals surface area contributed by atoms with Gasteiger partial charge in [0.05, 0.1) is 0 Å². The second-order valence-electron chi connectivity index (χ2n) is 3.35. The van der Waals surface area contributed by atoms with E-state index in [1.807, 2.05) is 0 Å². The monoisotopic (exact) mass is 211 g/mol. The summed E-state index contributed by atoms with van der Waals surface area (Å²) in [4.78, 5) is 10.3. The predicted octanol–water partition coefficient (Wildman–Crippen LogP) is 2.43. The summed E-state index contributed by atoms with van der Waals surface area (Å²) in [7, 11) is 0. The fraction of sp³-hybridized carbons (Fsp3) is 0.364. The molecule has 0 heterocycles. The van der Waals surface area contributed by atoms with E-state index < -0.39 is 12.3 Å². The molecule has 0 bridgehead atoms. The summed E-state index contributed by atoms with van der Waals surface area (Å²) in [5, 5.41) is 11.1. The summed E-state index contributed by atoms with van der Waals surface area (Å²) >= 11 is 0. The van der Waals surface area contributed by atoms with E-state index in [4.69, 9.17) is 5.11 Å². The van der Waals surface area contributed by atoms with Crippen LogP contribution in [-0.2, 0) is 11.2 Å². The van der Waals surface area contributed by atoms with E-state index in [0.717, 1.165) is 5.56 Å². The van der Waals surface area contributed by atoms with Crippen molar-refractivity contribution in [1.29, 1.82) is 0 Å². The van der Waals surface area contributed by atoms with Crippen molar-refractivity contribution in [3.63, 3.8) is 0 Å². The van der Waals surface area contributed by atoms with Crippen LogP contribution in [0.1, 0.15) is 18.9 Å². The number of aryl methyl sites for hydroxylation is 1. The number of aliphatic carboxylic acids is 1. The van der Waals surface area contributed by atoms with Crippen LogP contribution < -0.4 is 5.32 Å². The molecule has 82 valence electrons. The molecule has 15 heavy (non-hydrogen) atoms. The van der Waals surface area contributed by atoms with Gasteiger partial charge in [0.1, 0.15) is 0 Å². The Kier molecular flexibility index (Phi) is 4.09. The van der Waals surface area contributed by atoms with Crippen LogP contribution in [0.4, 0.5) is 10.1 Å². The fourth-order valence-electron chi connectivity index (χ4n) is 1.25. The largest absolute Gasteiger partial charge is 0.481 e. The molecule has 0 fully saturated rings. The molecular formula is C11H14FNO2. The van der Waals surface area contributed by atoms with Crippen LogP contribution in [0, 0.1) is 0 Å². The third-order valence-corrected chi connectivity index (χ3v) is 1.95. The first-order valence-corrected chi connectivity index (χ1v) is 4.79. The molecule has 0 amide bonds. The zero-order chi connectivity index (χ0) is 11.3. The molecule has 1 aromatic carbocycles. The second kappa shape index (κ2) is 5.34. The van der Waals surface area contributed by atoms with Crippen molar-refractivity contribution in [2.75, 3.05) is 5.32 Å². The van der Waals surface area contributed by atoms with E-state index in [-0.39, 0.29) is 6.42 Å². The highest BCUT2D eigenvalue weighted by atomic mass is 19.1. The highest BCUT2D eigenvalue weighted by Crippen LogP contribution is 2.12. The van der Waals surface area contributed by atoms with Gasteiger partial charge in [-0.1, -0.05) is 12.1 Å². The molecule has 0 saturated carbocycles. The molecule has 0 saturated heterocycles. The number of anilines is 1. The Morgan fingerprint density at radius 2 is 2.07 bits per heavy atom. The number of rotatable bonds is 5. The molecule has 0 aliphatic carbocycles. The van der Waals surface area contributed by atoms with Gasteiger partial charge in [-0.25, -0.2) is 4.39 Å². The second-order valence-corrected chi connectivity index (χ2v) is 3.35. The predicted molar refractivity (Wildman–Crippen MR) is 56.6 cm³/mol. The number of hydrogen-bond donors (Lipinski definition) is 2. The van der Waals surface area contributed by atoms with Gasteiger partial charge in [0.15, 0.2) is 6.30 Å². The summed E-state index contributed by atoms with van der Waals surface area (Å²) in [6, 6.07) is 7.09. The quantitative estimate of drug-likeness (QED) is 0.735. The SMILES string of the molecule is CC(F)Nc1ccc(CCC(=O)O)cc1. The van der Waals surface area contributed by atoms with Crippen LogP contribution in [0.2, 0.25) is 0 Å². The number of benzene rings is 1. The molecule has 0 aliphatic rings. The van der Waals surface area contributed by atoms with Crippen molar-refractivity contribution in [1.82, 2.24) is 0 Å². The van der Waals surface area contributed by atoms with E-state index in [1.54, 1.807) is 24.3 Å². The van der Waals surface area contributed by atoms with Crippen molar-refractivity contribution in [3.8, 4) is 0 Å². The van der Waals surface area contributed by atoms with Gasteiger partial charge in [-0.2, -0.15) is 0 Å². The minimum absolute atomic E-state index is 0.117. The standard InChI is InChI=1S/C11H14FNO2/c1-8(12)13-10-5-2-9(3-6-10)4-7-11(14)15/h2-3,5-6,8,13H,4,7H2,1H3,(H,14,15). The van der Waals surface area contributed by atoms with Crippen LogP contribution in [-0.4, -0.2) is 17.4 Å². The first kappa shape index (κ1) is 11.5. The Morgan fingerprint density at radius 3 is 2.53 bits per heavy atom. The number of nitrogens with one attached hydrogen (secondary N) is 1. The summed E-state index contributed by atoms with van der Waals surface area (Å²) in [6.45, 7) is 1.42. The summed E-state index contributed by atoms with van der Waals surface area (Å²) in [5.41, 5.74) is 1.64. The molecule has 1 unspecified atom stereocenters. The molecule has 4 heteroatoms. The van der Waals surface area contributed by atoms with Gasteiger partial charge < -0.3 is 10.4 Å². The summed E-state index contributed by atoms with van der Waals surface area (Å²) in [5.74, 6) is -0.811. The first-order valence-electron chi connectivity index (χ1n) is 4.79. The number of halogens is 1. The van der Waals surface area contributed by atoms with Crippen LogP contribution in [0.3, 0.4) is 0 Å². The molecule has 1 rings (SSSR count). The van der Waals surface area contributed by atoms with E-state index in [2.05, 4.69) is 5.32 Å². The van der Waals surface area contributed by atoms with Gasteiger partial charge >= 0.3 is 5.97 Å². The Labute approximate surface area is 87.9 Å². The van der Waals surface area contributed by atoms with Crippen LogP contribution in [0.5, 0.6) is 0 Å². The van der Waals surface area contributed by atoms with E-state index >= 15 is 0 Å². The summed E-state index contributed by atoms with van der Waals surface area (Å²) < 4.78 is 12.6. The first-order chi connectivity index (χ1) is 7.08. The molecule has 3 nitrogen and oxygen atoms in total. The van der Waals surface area contributed by atoms with Gasteiger partial charge in [0.2, 0.25) is 0 Å². The average molecular weight is 211 g/mol. The Hall–Kier alpha value is -1.58. The maximum Gasteiger partial charge on any atom is 0.303 e. The van der Waals surface area contributed by atoms with Gasteiger partial charge in [0.25, 0.3) is 0 Å². The lowest BCUT2D eigenvalue weighted by molar-refractivity contribution is -0.136. The molecule has 0 spiro atoms. The van der Waals surface area contributed by atoms with Crippen molar-refractivity contribution in [2.45, 2.75) is 26.1 Å². The fourth-order valence-corrected chi connectivity index (χ4v) is 1.25. The van der Waals surface area contributed by atoms with Crippen molar-refractivity contribution in [2.24, 2.45) is 0 Å². The van der Waals surface area contributed by atoms with Crippen LogP contribution in [0.25, 0.3) is 0 Å². The van der Waals surface area contributed by atoms with Crippen molar-refractivity contribution >= 4 is 11.7 Å². The van der Waals surface area contributed by atoms with Gasteiger partial charge in [0, 0.05) is 12.1 Å². The molecule has 1 atom stereocenters. The van der Waals surface area contributed by atoms with E-state index in [0.29, 0.717) is 12.1 Å². The Bertz CT molecular complexity index is 322.